The minimum atomic E-state index is 0.0946. The molecule has 0 aliphatic rings. The van der Waals surface area contributed by atoms with Gasteiger partial charge in [0.05, 0.1) is 13.7 Å². The normalized spacial score (nSPS) is 12.2. The van der Waals surface area contributed by atoms with Crippen molar-refractivity contribution in [1.82, 2.24) is 0 Å². The predicted octanol–water partition coefficient (Wildman–Crippen LogP) is 1.59. The Labute approximate surface area is 109 Å². The fourth-order valence-electron chi connectivity index (χ4n) is 1.73. The van der Waals surface area contributed by atoms with Gasteiger partial charge in [0.25, 0.3) is 0 Å². The number of nitrogens with two attached hydrogens (primary N) is 1. The molecule has 0 saturated carbocycles. The van der Waals surface area contributed by atoms with Crippen molar-refractivity contribution >= 4 is 0 Å². The zero-order valence-electron chi connectivity index (χ0n) is 11.2. The van der Waals surface area contributed by atoms with E-state index in [1.165, 1.54) is 0 Å². The van der Waals surface area contributed by atoms with Gasteiger partial charge in [-0.3, -0.25) is 0 Å². The van der Waals surface area contributed by atoms with E-state index < -0.39 is 0 Å². The van der Waals surface area contributed by atoms with Crippen LogP contribution >= 0.6 is 0 Å². The number of hydrogen-bond donors (Lipinski definition) is 2. The van der Waals surface area contributed by atoms with E-state index in [2.05, 4.69) is 6.92 Å². The number of hydrogen-bond acceptors (Lipinski definition) is 4. The molecular weight excluding hydrogens is 230 g/mol. The summed E-state index contributed by atoms with van der Waals surface area (Å²) in [4.78, 5) is 0. The minimum Gasteiger partial charge on any atom is -0.493 e. The molecule has 4 nitrogen and oxygen atoms in total. The van der Waals surface area contributed by atoms with Crippen molar-refractivity contribution in [2.24, 2.45) is 11.7 Å². The summed E-state index contributed by atoms with van der Waals surface area (Å²) in [6, 6.07) is 5.85. The first-order valence-corrected chi connectivity index (χ1v) is 6.35. The van der Waals surface area contributed by atoms with Gasteiger partial charge in [0.15, 0.2) is 11.5 Å². The van der Waals surface area contributed by atoms with Gasteiger partial charge in [-0.1, -0.05) is 13.0 Å². The van der Waals surface area contributed by atoms with Crippen molar-refractivity contribution in [1.29, 1.82) is 0 Å². The second-order valence-corrected chi connectivity index (χ2v) is 4.32. The highest BCUT2D eigenvalue weighted by Crippen LogP contribution is 2.29. The summed E-state index contributed by atoms with van der Waals surface area (Å²) in [6.07, 6.45) is 1.71. The Hall–Kier alpha value is -1.26. The molecular formula is C14H23NO3. The van der Waals surface area contributed by atoms with E-state index in [-0.39, 0.29) is 12.5 Å². The SMILES string of the molecule is CCCOc1ccc(CC(CN)CO)cc1OC. The van der Waals surface area contributed by atoms with Crippen LogP contribution in [0.25, 0.3) is 0 Å². The average Bonchev–Trinajstić information content (AvgIpc) is 2.42. The van der Waals surface area contributed by atoms with Crippen LogP contribution < -0.4 is 15.2 Å². The van der Waals surface area contributed by atoms with E-state index in [4.69, 9.17) is 20.3 Å². The molecule has 1 rings (SSSR count). The van der Waals surface area contributed by atoms with Crippen molar-refractivity contribution in [3.8, 4) is 11.5 Å². The third kappa shape index (κ3) is 4.20. The molecule has 0 radical (unpaired) electrons. The topological polar surface area (TPSA) is 64.7 Å². The fraction of sp³-hybridized carbons (Fsp3) is 0.571. The van der Waals surface area contributed by atoms with Gasteiger partial charge in [0.1, 0.15) is 0 Å². The van der Waals surface area contributed by atoms with Gasteiger partial charge in [-0.15, -0.1) is 0 Å². The second-order valence-electron chi connectivity index (χ2n) is 4.32. The second kappa shape index (κ2) is 7.95. The summed E-state index contributed by atoms with van der Waals surface area (Å²) in [5.74, 6) is 1.59. The zero-order valence-corrected chi connectivity index (χ0v) is 11.2. The molecule has 0 heterocycles. The third-order valence-electron chi connectivity index (χ3n) is 2.81. The quantitative estimate of drug-likeness (QED) is 0.738. The molecule has 3 N–H and O–H groups in total. The Kier molecular flexibility index (Phi) is 6.54. The van der Waals surface area contributed by atoms with Gasteiger partial charge in [0.2, 0.25) is 0 Å². The molecule has 18 heavy (non-hydrogen) atoms. The van der Waals surface area contributed by atoms with Crippen LogP contribution in [-0.4, -0.2) is 32.0 Å². The molecule has 1 atom stereocenters. The summed E-state index contributed by atoms with van der Waals surface area (Å²) >= 11 is 0. The smallest absolute Gasteiger partial charge is 0.161 e. The molecule has 4 heteroatoms. The van der Waals surface area contributed by atoms with Gasteiger partial charge < -0.3 is 20.3 Å². The van der Waals surface area contributed by atoms with Crippen LogP contribution in [0.4, 0.5) is 0 Å². The maximum absolute atomic E-state index is 9.15. The Morgan fingerprint density at radius 1 is 1.33 bits per heavy atom. The highest BCUT2D eigenvalue weighted by Gasteiger charge is 2.10. The zero-order chi connectivity index (χ0) is 13.4. The molecule has 0 saturated heterocycles. The fourth-order valence-corrected chi connectivity index (χ4v) is 1.73. The lowest BCUT2D eigenvalue weighted by Crippen LogP contribution is -2.20. The molecule has 0 fully saturated rings. The monoisotopic (exact) mass is 253 g/mol. The summed E-state index contributed by atoms with van der Waals surface area (Å²) in [6.45, 7) is 3.32. The molecule has 0 aromatic heterocycles. The number of methoxy groups -OCH3 is 1. The lowest BCUT2D eigenvalue weighted by molar-refractivity contribution is 0.229. The predicted molar refractivity (Wildman–Crippen MR) is 72.1 cm³/mol. The summed E-state index contributed by atoms with van der Waals surface area (Å²) in [5, 5.41) is 9.15. The highest BCUT2D eigenvalue weighted by molar-refractivity contribution is 5.43. The van der Waals surface area contributed by atoms with Crippen molar-refractivity contribution in [2.45, 2.75) is 19.8 Å². The Balaban J connectivity index is 2.77. The molecule has 0 aliphatic carbocycles. The van der Waals surface area contributed by atoms with Crippen LogP contribution in [0.3, 0.4) is 0 Å². The Morgan fingerprint density at radius 2 is 2.11 bits per heavy atom. The van der Waals surface area contributed by atoms with Gasteiger partial charge in [-0.25, -0.2) is 0 Å². The number of ether oxygens (including phenoxy) is 2. The van der Waals surface area contributed by atoms with Crippen LogP contribution in [-0.2, 0) is 6.42 Å². The van der Waals surface area contributed by atoms with E-state index in [0.717, 1.165) is 29.9 Å². The summed E-state index contributed by atoms with van der Waals surface area (Å²) < 4.78 is 10.9. The first kappa shape index (κ1) is 14.8. The molecule has 1 aromatic rings. The largest absolute Gasteiger partial charge is 0.493 e. The molecule has 1 unspecified atom stereocenters. The summed E-state index contributed by atoms with van der Waals surface area (Å²) in [5.41, 5.74) is 6.68. The number of benzene rings is 1. The van der Waals surface area contributed by atoms with Gasteiger partial charge in [0, 0.05) is 6.61 Å². The lowest BCUT2D eigenvalue weighted by Gasteiger charge is -2.14. The maximum atomic E-state index is 9.15. The van der Waals surface area contributed by atoms with Crippen LogP contribution in [0.5, 0.6) is 11.5 Å². The summed E-state index contributed by atoms with van der Waals surface area (Å²) in [7, 11) is 1.63. The molecule has 0 bridgehead atoms. The first-order valence-electron chi connectivity index (χ1n) is 6.35. The molecule has 1 aromatic carbocycles. The van der Waals surface area contributed by atoms with Gasteiger partial charge >= 0.3 is 0 Å². The van der Waals surface area contributed by atoms with E-state index in [0.29, 0.717) is 13.2 Å². The van der Waals surface area contributed by atoms with E-state index in [9.17, 15) is 0 Å². The van der Waals surface area contributed by atoms with Crippen molar-refractivity contribution in [3.05, 3.63) is 23.8 Å². The molecule has 0 aliphatic heterocycles. The van der Waals surface area contributed by atoms with Crippen LogP contribution in [0.1, 0.15) is 18.9 Å². The van der Waals surface area contributed by atoms with E-state index >= 15 is 0 Å². The average molecular weight is 253 g/mol. The molecule has 0 amide bonds. The highest BCUT2D eigenvalue weighted by atomic mass is 16.5. The van der Waals surface area contributed by atoms with Crippen molar-refractivity contribution < 1.29 is 14.6 Å². The van der Waals surface area contributed by atoms with E-state index in [1.807, 2.05) is 18.2 Å². The minimum absolute atomic E-state index is 0.0946. The van der Waals surface area contributed by atoms with Crippen LogP contribution in [0, 0.1) is 5.92 Å². The molecule has 102 valence electrons. The van der Waals surface area contributed by atoms with Crippen LogP contribution in [0.15, 0.2) is 18.2 Å². The van der Waals surface area contributed by atoms with E-state index in [1.54, 1.807) is 7.11 Å². The standard InChI is InChI=1S/C14H23NO3/c1-3-6-18-13-5-4-11(8-14(13)17-2)7-12(9-15)10-16/h4-5,8,12,16H,3,6-7,9-10,15H2,1-2H3. The number of rotatable bonds is 8. The third-order valence-corrected chi connectivity index (χ3v) is 2.81. The number of aliphatic hydroxyl groups excluding tert-OH is 1. The first-order chi connectivity index (χ1) is 8.74. The van der Waals surface area contributed by atoms with Gasteiger partial charge in [-0.2, -0.15) is 0 Å². The maximum Gasteiger partial charge on any atom is 0.161 e. The van der Waals surface area contributed by atoms with Crippen molar-refractivity contribution in [3.63, 3.8) is 0 Å². The number of aliphatic hydroxyl groups is 1. The Morgan fingerprint density at radius 3 is 2.67 bits per heavy atom. The molecule has 0 spiro atoms. The van der Waals surface area contributed by atoms with Crippen molar-refractivity contribution in [2.75, 3.05) is 26.9 Å². The Bertz CT molecular complexity index is 351. The van der Waals surface area contributed by atoms with Gasteiger partial charge in [-0.05, 0) is 43.0 Å². The van der Waals surface area contributed by atoms with Crippen LogP contribution in [0.2, 0.25) is 0 Å². The lowest BCUT2D eigenvalue weighted by atomic mass is 10.00.